The van der Waals surface area contributed by atoms with Crippen LogP contribution in [0.1, 0.15) is 58.4 Å². The van der Waals surface area contributed by atoms with Crippen molar-refractivity contribution in [2.45, 2.75) is 58.4 Å². The lowest BCUT2D eigenvalue weighted by molar-refractivity contribution is 0.285. The van der Waals surface area contributed by atoms with E-state index in [0.29, 0.717) is 13.2 Å². The largest absolute Gasteiger partial charge is 0.490 e. The van der Waals surface area contributed by atoms with E-state index in [0.717, 1.165) is 30.3 Å². The van der Waals surface area contributed by atoms with Gasteiger partial charge in [0.05, 0.1) is 13.2 Å². The Morgan fingerprint density at radius 1 is 1.10 bits per heavy atom. The van der Waals surface area contributed by atoms with Crippen molar-refractivity contribution >= 4 is 0 Å². The molecule has 2 rings (SSSR count). The van der Waals surface area contributed by atoms with E-state index in [-0.39, 0.29) is 5.54 Å². The molecule has 118 valence electrons. The molecular formula is C18H29NO2. The maximum absolute atomic E-state index is 6.74. The molecule has 0 amide bonds. The number of hydrogen-bond donors (Lipinski definition) is 1. The topological polar surface area (TPSA) is 44.5 Å². The summed E-state index contributed by atoms with van der Waals surface area (Å²) >= 11 is 0. The van der Waals surface area contributed by atoms with Gasteiger partial charge >= 0.3 is 0 Å². The maximum Gasteiger partial charge on any atom is 0.161 e. The van der Waals surface area contributed by atoms with Gasteiger partial charge in [-0.25, -0.2) is 0 Å². The first kappa shape index (κ1) is 16.2. The van der Waals surface area contributed by atoms with Crippen molar-refractivity contribution in [3.63, 3.8) is 0 Å². The zero-order chi connectivity index (χ0) is 15.3. The van der Waals surface area contributed by atoms with E-state index in [1.165, 1.54) is 24.8 Å². The molecule has 1 aliphatic rings. The van der Waals surface area contributed by atoms with Crippen LogP contribution in [0, 0.1) is 5.92 Å². The monoisotopic (exact) mass is 291 g/mol. The lowest BCUT2D eigenvalue weighted by atomic mass is 9.83. The number of hydrogen-bond acceptors (Lipinski definition) is 3. The molecule has 21 heavy (non-hydrogen) atoms. The van der Waals surface area contributed by atoms with Gasteiger partial charge in [0.25, 0.3) is 0 Å². The zero-order valence-electron chi connectivity index (χ0n) is 13.7. The van der Waals surface area contributed by atoms with Crippen molar-refractivity contribution in [2.24, 2.45) is 11.7 Å². The molecular weight excluding hydrogens is 262 g/mol. The fourth-order valence-corrected chi connectivity index (χ4v) is 3.19. The van der Waals surface area contributed by atoms with Crippen molar-refractivity contribution in [3.8, 4) is 11.5 Å². The Morgan fingerprint density at radius 2 is 1.81 bits per heavy atom. The fourth-order valence-electron chi connectivity index (χ4n) is 3.19. The summed E-state index contributed by atoms with van der Waals surface area (Å²) in [6, 6.07) is 6.21. The van der Waals surface area contributed by atoms with Crippen molar-refractivity contribution in [1.82, 2.24) is 0 Å². The summed E-state index contributed by atoms with van der Waals surface area (Å²) in [7, 11) is 0. The van der Waals surface area contributed by atoms with E-state index in [1.807, 2.05) is 19.9 Å². The first-order valence-electron chi connectivity index (χ1n) is 8.28. The van der Waals surface area contributed by atoms with E-state index < -0.39 is 0 Å². The molecule has 1 saturated carbocycles. The highest BCUT2D eigenvalue weighted by Gasteiger charge is 2.30. The summed E-state index contributed by atoms with van der Waals surface area (Å²) in [4.78, 5) is 0. The maximum atomic E-state index is 6.74. The van der Waals surface area contributed by atoms with Gasteiger partial charge in [-0.2, -0.15) is 0 Å². The molecule has 3 heteroatoms. The molecule has 1 aliphatic carbocycles. The molecule has 0 radical (unpaired) electrons. The molecule has 1 aromatic rings. The third-order valence-electron chi connectivity index (χ3n) is 4.52. The lowest BCUT2D eigenvalue weighted by Crippen LogP contribution is -2.36. The normalized spacial score (nSPS) is 26.2. The predicted octanol–water partition coefficient (Wildman–Crippen LogP) is 4.24. The quantitative estimate of drug-likeness (QED) is 0.825. The molecule has 2 N–H and O–H groups in total. The van der Waals surface area contributed by atoms with Crippen LogP contribution in [0.3, 0.4) is 0 Å². The van der Waals surface area contributed by atoms with Crippen LogP contribution in [0.4, 0.5) is 0 Å². The second-order valence-electron chi connectivity index (χ2n) is 6.22. The fraction of sp³-hybridized carbons (Fsp3) is 0.667. The van der Waals surface area contributed by atoms with Gasteiger partial charge in [-0.15, -0.1) is 0 Å². The van der Waals surface area contributed by atoms with Crippen LogP contribution in [0.2, 0.25) is 0 Å². The minimum absolute atomic E-state index is 0.221. The Morgan fingerprint density at radius 3 is 2.52 bits per heavy atom. The van der Waals surface area contributed by atoms with E-state index in [4.69, 9.17) is 15.2 Å². The number of rotatable bonds is 5. The van der Waals surface area contributed by atoms with Gasteiger partial charge in [-0.1, -0.05) is 25.8 Å². The van der Waals surface area contributed by atoms with E-state index in [9.17, 15) is 0 Å². The predicted molar refractivity (Wildman–Crippen MR) is 86.9 cm³/mol. The van der Waals surface area contributed by atoms with Gasteiger partial charge in [0.1, 0.15) is 0 Å². The van der Waals surface area contributed by atoms with Crippen LogP contribution in [0.5, 0.6) is 11.5 Å². The van der Waals surface area contributed by atoms with Gasteiger partial charge in [-0.3, -0.25) is 0 Å². The second kappa shape index (κ2) is 7.17. The van der Waals surface area contributed by atoms with Crippen LogP contribution in [-0.2, 0) is 5.54 Å². The summed E-state index contributed by atoms with van der Waals surface area (Å²) in [6.45, 7) is 7.59. The standard InChI is InChI=1S/C18H29NO2/c1-4-20-16-9-8-15(13-17(16)21-5-2)18(19)11-6-7-14(3)10-12-18/h8-9,13-14H,4-7,10-12,19H2,1-3H3. The SMILES string of the molecule is CCOc1ccc(C2(N)CCCC(C)CC2)cc1OCC. The van der Waals surface area contributed by atoms with Crippen LogP contribution >= 0.6 is 0 Å². The number of ether oxygens (including phenoxy) is 2. The lowest BCUT2D eigenvalue weighted by Gasteiger charge is -2.29. The molecule has 0 aliphatic heterocycles. The molecule has 0 bridgehead atoms. The highest BCUT2D eigenvalue weighted by molar-refractivity contribution is 5.45. The molecule has 2 unspecified atom stereocenters. The van der Waals surface area contributed by atoms with E-state index in [1.54, 1.807) is 0 Å². The Bertz CT molecular complexity index is 461. The summed E-state index contributed by atoms with van der Waals surface area (Å²) in [6.07, 6.45) is 5.79. The van der Waals surface area contributed by atoms with Crippen molar-refractivity contribution in [2.75, 3.05) is 13.2 Å². The van der Waals surface area contributed by atoms with Gasteiger partial charge in [0.2, 0.25) is 0 Å². The highest BCUT2D eigenvalue weighted by atomic mass is 16.5. The summed E-state index contributed by atoms with van der Waals surface area (Å²) < 4.78 is 11.4. The van der Waals surface area contributed by atoms with Gasteiger partial charge < -0.3 is 15.2 Å². The molecule has 2 atom stereocenters. The summed E-state index contributed by atoms with van der Waals surface area (Å²) in [5.74, 6) is 2.41. The number of nitrogens with two attached hydrogens (primary N) is 1. The molecule has 0 aromatic heterocycles. The third-order valence-corrected chi connectivity index (χ3v) is 4.52. The minimum Gasteiger partial charge on any atom is -0.490 e. The second-order valence-corrected chi connectivity index (χ2v) is 6.22. The molecule has 0 saturated heterocycles. The average Bonchev–Trinajstić information content (AvgIpc) is 2.64. The summed E-state index contributed by atoms with van der Waals surface area (Å²) in [5, 5.41) is 0. The van der Waals surface area contributed by atoms with Crippen molar-refractivity contribution in [3.05, 3.63) is 23.8 Å². The van der Waals surface area contributed by atoms with Gasteiger partial charge in [0.15, 0.2) is 11.5 Å². The van der Waals surface area contributed by atoms with Gasteiger partial charge in [0, 0.05) is 5.54 Å². The Kier molecular flexibility index (Phi) is 5.51. The first-order valence-corrected chi connectivity index (χ1v) is 8.28. The van der Waals surface area contributed by atoms with Crippen LogP contribution < -0.4 is 15.2 Å². The van der Waals surface area contributed by atoms with E-state index >= 15 is 0 Å². The molecule has 0 spiro atoms. The van der Waals surface area contributed by atoms with Crippen molar-refractivity contribution in [1.29, 1.82) is 0 Å². The Labute approximate surface area is 128 Å². The van der Waals surface area contributed by atoms with Gasteiger partial charge in [-0.05, 0) is 56.7 Å². The Balaban J connectivity index is 2.27. The average molecular weight is 291 g/mol. The van der Waals surface area contributed by atoms with Crippen LogP contribution in [0.15, 0.2) is 18.2 Å². The zero-order valence-corrected chi connectivity index (χ0v) is 13.7. The molecule has 3 nitrogen and oxygen atoms in total. The first-order chi connectivity index (χ1) is 10.1. The van der Waals surface area contributed by atoms with E-state index in [2.05, 4.69) is 19.1 Å². The molecule has 1 aromatic carbocycles. The molecule has 1 fully saturated rings. The molecule has 0 heterocycles. The minimum atomic E-state index is -0.221. The highest BCUT2D eigenvalue weighted by Crippen LogP contribution is 2.39. The smallest absolute Gasteiger partial charge is 0.161 e. The third kappa shape index (κ3) is 3.91. The Hall–Kier alpha value is -1.22. The van der Waals surface area contributed by atoms with Crippen molar-refractivity contribution < 1.29 is 9.47 Å². The summed E-state index contributed by atoms with van der Waals surface area (Å²) in [5.41, 5.74) is 7.70. The number of benzene rings is 1. The van der Waals surface area contributed by atoms with Crippen LogP contribution in [-0.4, -0.2) is 13.2 Å². The van der Waals surface area contributed by atoms with Crippen LogP contribution in [0.25, 0.3) is 0 Å².